The highest BCUT2D eigenvalue weighted by atomic mass is 16.5. The fourth-order valence-corrected chi connectivity index (χ4v) is 1.66. The van der Waals surface area contributed by atoms with Crippen molar-refractivity contribution >= 4 is 12.6 Å². The predicted octanol–water partition coefficient (Wildman–Crippen LogP) is -0.165. The minimum Gasteiger partial charge on any atom is -0.423 e. The van der Waals surface area contributed by atoms with Crippen molar-refractivity contribution in [1.82, 2.24) is 4.90 Å². The summed E-state index contributed by atoms with van der Waals surface area (Å²) < 4.78 is 5.28. The van der Waals surface area contributed by atoms with Crippen LogP contribution in [0.4, 0.5) is 0 Å². The van der Waals surface area contributed by atoms with Crippen molar-refractivity contribution in [2.75, 3.05) is 26.8 Å². The van der Waals surface area contributed by atoms with Crippen molar-refractivity contribution < 1.29 is 14.8 Å². The van der Waals surface area contributed by atoms with E-state index in [1.165, 1.54) is 0 Å². The first-order chi connectivity index (χ1) is 8.15. The Kier molecular flexibility index (Phi) is 6.22. The molecule has 1 aromatic carbocycles. The first-order valence-electron chi connectivity index (χ1n) is 5.85. The number of likely N-dealkylation sites (N-methyl/N-ethyl adjacent to an activating group) is 1. The quantitative estimate of drug-likeness (QED) is 0.511. The van der Waals surface area contributed by atoms with E-state index < -0.39 is 7.12 Å². The van der Waals surface area contributed by atoms with Crippen molar-refractivity contribution in [3.05, 3.63) is 29.8 Å². The summed E-state index contributed by atoms with van der Waals surface area (Å²) in [6.07, 6.45) is 0. The maximum atomic E-state index is 9.24. The van der Waals surface area contributed by atoms with Gasteiger partial charge in [0.2, 0.25) is 0 Å². The Bertz CT molecular complexity index is 333. The molecule has 5 heteroatoms. The Morgan fingerprint density at radius 2 is 2.00 bits per heavy atom. The van der Waals surface area contributed by atoms with Crippen LogP contribution in [0.3, 0.4) is 0 Å². The highest BCUT2D eigenvalue weighted by Gasteiger charge is 2.15. The Morgan fingerprint density at radius 1 is 1.29 bits per heavy atom. The summed E-state index contributed by atoms with van der Waals surface area (Å²) in [7, 11) is 0.575. The Morgan fingerprint density at radius 3 is 2.65 bits per heavy atom. The molecule has 0 spiro atoms. The van der Waals surface area contributed by atoms with E-state index in [2.05, 4.69) is 4.90 Å². The molecule has 1 rings (SSSR count). The van der Waals surface area contributed by atoms with E-state index in [0.29, 0.717) is 18.6 Å². The van der Waals surface area contributed by atoms with Gasteiger partial charge in [-0.05, 0) is 25.0 Å². The third-order valence-corrected chi connectivity index (χ3v) is 2.59. The van der Waals surface area contributed by atoms with Gasteiger partial charge in [0.15, 0.2) is 0 Å². The van der Waals surface area contributed by atoms with Gasteiger partial charge in [0, 0.05) is 19.7 Å². The molecule has 1 aromatic rings. The number of ether oxygens (including phenoxy) is 1. The van der Waals surface area contributed by atoms with E-state index in [1.54, 1.807) is 12.1 Å². The average Bonchev–Trinajstić information content (AvgIpc) is 2.29. The number of nitrogens with zero attached hydrogens (tertiary/aromatic N) is 1. The molecule has 17 heavy (non-hydrogen) atoms. The summed E-state index contributed by atoms with van der Waals surface area (Å²) in [4.78, 5) is 2.09. The lowest BCUT2D eigenvalue weighted by Gasteiger charge is -2.18. The van der Waals surface area contributed by atoms with Crippen LogP contribution in [0, 0.1) is 0 Å². The molecule has 0 aliphatic carbocycles. The molecule has 0 heterocycles. The monoisotopic (exact) mass is 237 g/mol. The lowest BCUT2D eigenvalue weighted by Crippen LogP contribution is -2.35. The normalized spacial score (nSPS) is 10.9. The molecule has 4 nitrogen and oxygen atoms in total. The second kappa shape index (κ2) is 7.45. The zero-order valence-electron chi connectivity index (χ0n) is 10.5. The summed E-state index contributed by atoms with van der Waals surface area (Å²) in [6, 6.07) is 7.35. The SMILES string of the molecule is CCOCCN(C)Cc1ccccc1B(O)O. The highest BCUT2D eigenvalue weighted by Crippen LogP contribution is 2.01. The second-order valence-corrected chi connectivity index (χ2v) is 4.01. The van der Waals surface area contributed by atoms with Crippen LogP contribution in [0.5, 0.6) is 0 Å². The third-order valence-electron chi connectivity index (χ3n) is 2.59. The van der Waals surface area contributed by atoms with Gasteiger partial charge in [-0.3, -0.25) is 4.90 Å². The predicted molar refractivity (Wildman–Crippen MR) is 69.1 cm³/mol. The second-order valence-electron chi connectivity index (χ2n) is 4.01. The number of hydrogen-bond donors (Lipinski definition) is 2. The summed E-state index contributed by atoms with van der Waals surface area (Å²) in [5, 5.41) is 18.5. The molecule has 0 amide bonds. The molecular formula is C12H20BNO3. The van der Waals surface area contributed by atoms with Gasteiger partial charge in [0.25, 0.3) is 0 Å². The summed E-state index contributed by atoms with van der Waals surface area (Å²) in [6.45, 7) is 4.89. The molecule has 0 radical (unpaired) electrons. The van der Waals surface area contributed by atoms with Crippen LogP contribution >= 0.6 is 0 Å². The largest absolute Gasteiger partial charge is 0.488 e. The van der Waals surface area contributed by atoms with Crippen molar-refractivity contribution in [3.63, 3.8) is 0 Å². The van der Waals surface area contributed by atoms with E-state index >= 15 is 0 Å². The van der Waals surface area contributed by atoms with Gasteiger partial charge >= 0.3 is 7.12 Å². The van der Waals surface area contributed by atoms with Gasteiger partial charge in [-0.25, -0.2) is 0 Å². The van der Waals surface area contributed by atoms with Gasteiger partial charge in [-0.2, -0.15) is 0 Å². The molecule has 0 unspecified atom stereocenters. The van der Waals surface area contributed by atoms with Crippen LogP contribution < -0.4 is 5.46 Å². The summed E-state index contributed by atoms with van der Waals surface area (Å²) in [5.74, 6) is 0. The Labute approximate surface area is 103 Å². The molecule has 0 saturated heterocycles. The molecule has 0 saturated carbocycles. The summed E-state index contributed by atoms with van der Waals surface area (Å²) >= 11 is 0. The third kappa shape index (κ3) is 4.87. The van der Waals surface area contributed by atoms with E-state index in [-0.39, 0.29) is 0 Å². The van der Waals surface area contributed by atoms with Crippen LogP contribution in [0.15, 0.2) is 24.3 Å². The lowest BCUT2D eigenvalue weighted by molar-refractivity contribution is 0.120. The Hall–Kier alpha value is -0.875. The van der Waals surface area contributed by atoms with E-state index in [9.17, 15) is 10.0 Å². The maximum absolute atomic E-state index is 9.24. The topological polar surface area (TPSA) is 52.9 Å². The first-order valence-corrected chi connectivity index (χ1v) is 5.85. The zero-order valence-corrected chi connectivity index (χ0v) is 10.5. The fourth-order valence-electron chi connectivity index (χ4n) is 1.66. The minimum atomic E-state index is -1.41. The molecule has 0 aliphatic rings. The van der Waals surface area contributed by atoms with Crippen molar-refractivity contribution in [1.29, 1.82) is 0 Å². The average molecular weight is 237 g/mol. The standard InChI is InChI=1S/C12H20BNO3/c1-3-17-9-8-14(2)10-11-6-4-5-7-12(11)13(15)16/h4-7,15-16H,3,8-10H2,1-2H3. The van der Waals surface area contributed by atoms with Crippen LogP contribution in [0.2, 0.25) is 0 Å². The molecule has 94 valence electrons. The highest BCUT2D eigenvalue weighted by molar-refractivity contribution is 6.59. The molecule has 0 atom stereocenters. The van der Waals surface area contributed by atoms with Crippen molar-refractivity contribution in [3.8, 4) is 0 Å². The van der Waals surface area contributed by atoms with Crippen LogP contribution in [0.1, 0.15) is 12.5 Å². The van der Waals surface area contributed by atoms with Gasteiger partial charge in [0.1, 0.15) is 0 Å². The molecule has 0 aromatic heterocycles. The zero-order chi connectivity index (χ0) is 12.7. The smallest absolute Gasteiger partial charge is 0.423 e. The van der Waals surface area contributed by atoms with Gasteiger partial charge in [-0.1, -0.05) is 24.3 Å². The van der Waals surface area contributed by atoms with E-state index in [0.717, 1.165) is 18.7 Å². The first kappa shape index (κ1) is 14.2. The van der Waals surface area contributed by atoms with Gasteiger partial charge in [-0.15, -0.1) is 0 Å². The summed E-state index contributed by atoms with van der Waals surface area (Å²) in [5.41, 5.74) is 1.50. The Balaban J connectivity index is 2.55. The van der Waals surface area contributed by atoms with E-state index in [1.807, 2.05) is 26.1 Å². The number of benzene rings is 1. The lowest BCUT2D eigenvalue weighted by atomic mass is 9.77. The van der Waals surface area contributed by atoms with Crippen LogP contribution in [0.25, 0.3) is 0 Å². The fraction of sp³-hybridized carbons (Fsp3) is 0.500. The number of hydrogen-bond acceptors (Lipinski definition) is 4. The molecule has 2 N–H and O–H groups in total. The van der Waals surface area contributed by atoms with E-state index in [4.69, 9.17) is 4.74 Å². The number of rotatable bonds is 7. The van der Waals surface area contributed by atoms with Crippen LogP contribution in [-0.2, 0) is 11.3 Å². The molecule has 0 aliphatic heterocycles. The molecular weight excluding hydrogens is 217 g/mol. The van der Waals surface area contributed by atoms with Crippen molar-refractivity contribution in [2.45, 2.75) is 13.5 Å². The van der Waals surface area contributed by atoms with Gasteiger partial charge in [0.05, 0.1) is 6.61 Å². The molecule has 0 bridgehead atoms. The van der Waals surface area contributed by atoms with Crippen LogP contribution in [-0.4, -0.2) is 48.9 Å². The molecule has 0 fully saturated rings. The minimum absolute atomic E-state index is 0.566. The van der Waals surface area contributed by atoms with Gasteiger partial charge < -0.3 is 14.8 Å². The van der Waals surface area contributed by atoms with Crippen molar-refractivity contribution in [2.24, 2.45) is 0 Å². The maximum Gasteiger partial charge on any atom is 0.488 e.